The molecule has 0 radical (unpaired) electrons. The molecule has 8 heteroatoms. The van der Waals surface area contributed by atoms with Crippen LogP contribution < -0.4 is 0 Å². The molecule has 1 aromatic carbocycles. The molecule has 1 aromatic heterocycles. The summed E-state index contributed by atoms with van der Waals surface area (Å²) in [6, 6.07) is 4.99. The lowest BCUT2D eigenvalue weighted by molar-refractivity contribution is -0.183. The van der Waals surface area contributed by atoms with E-state index in [0.717, 1.165) is 44.0 Å². The number of aromatic nitrogens is 2. The summed E-state index contributed by atoms with van der Waals surface area (Å²) in [5.41, 5.74) is 1.74. The molecule has 1 saturated heterocycles. The summed E-state index contributed by atoms with van der Waals surface area (Å²) >= 11 is 0. The summed E-state index contributed by atoms with van der Waals surface area (Å²) in [5.74, 6) is -1.15. The van der Waals surface area contributed by atoms with Crippen molar-refractivity contribution in [2.45, 2.75) is 51.6 Å². The van der Waals surface area contributed by atoms with Crippen LogP contribution in [0.4, 0.5) is 8.78 Å². The molecular weight excluding hydrogens is 390 g/mol. The van der Waals surface area contributed by atoms with Gasteiger partial charge in [0.05, 0.1) is 24.7 Å². The molecule has 1 atom stereocenters. The van der Waals surface area contributed by atoms with E-state index in [9.17, 15) is 13.6 Å². The van der Waals surface area contributed by atoms with Crippen LogP contribution in [0.5, 0.6) is 0 Å². The fourth-order valence-corrected chi connectivity index (χ4v) is 4.54. The molecule has 158 valence electrons. The van der Waals surface area contributed by atoms with Crippen molar-refractivity contribution >= 4 is 5.91 Å². The second kappa shape index (κ2) is 8.52. The molecule has 0 N–H and O–H groups in total. The Bertz CT molecular complexity index is 956. The lowest BCUT2D eigenvalue weighted by Gasteiger charge is -2.32. The van der Waals surface area contributed by atoms with E-state index in [1.165, 1.54) is 17.2 Å². The number of rotatable bonds is 4. The highest BCUT2D eigenvalue weighted by molar-refractivity contribution is 5.78. The Hall–Kier alpha value is -2.79. The molecule has 0 unspecified atom stereocenters. The van der Waals surface area contributed by atoms with Crippen molar-refractivity contribution in [3.05, 3.63) is 53.1 Å². The smallest absolute Gasteiger partial charge is 0.249 e. The Morgan fingerprint density at radius 3 is 2.53 bits per heavy atom. The number of benzene rings is 1. The van der Waals surface area contributed by atoms with Crippen LogP contribution in [0.3, 0.4) is 0 Å². The monoisotopic (exact) mass is 414 g/mol. The van der Waals surface area contributed by atoms with Crippen molar-refractivity contribution in [2.24, 2.45) is 11.8 Å². The normalized spacial score (nSPS) is 24.1. The van der Waals surface area contributed by atoms with Gasteiger partial charge in [-0.3, -0.25) is 9.63 Å². The minimum atomic E-state index is -0.654. The minimum Gasteiger partial charge on any atom is -0.333 e. The number of carbonyl (C=O) groups is 1. The molecule has 1 aliphatic heterocycles. The van der Waals surface area contributed by atoms with E-state index in [-0.39, 0.29) is 11.8 Å². The number of halogens is 2. The van der Waals surface area contributed by atoms with Crippen LogP contribution in [0.25, 0.3) is 0 Å². The molecule has 1 amide bonds. The van der Waals surface area contributed by atoms with Crippen molar-refractivity contribution in [1.29, 1.82) is 5.26 Å². The molecule has 2 heterocycles. The number of nitrogens with zero attached hydrogens (tertiary/aromatic N) is 4. The molecule has 0 spiro atoms. The van der Waals surface area contributed by atoms with Gasteiger partial charge in [0.15, 0.2) is 5.69 Å². The highest BCUT2D eigenvalue weighted by Crippen LogP contribution is 2.37. The Morgan fingerprint density at radius 2 is 1.90 bits per heavy atom. The summed E-state index contributed by atoms with van der Waals surface area (Å²) in [6.07, 6.45) is 5.49. The second-order valence-corrected chi connectivity index (χ2v) is 8.16. The van der Waals surface area contributed by atoms with Crippen molar-refractivity contribution in [3.8, 4) is 6.07 Å². The average molecular weight is 414 g/mol. The molecule has 30 heavy (non-hydrogen) atoms. The van der Waals surface area contributed by atoms with Gasteiger partial charge < -0.3 is 4.57 Å². The summed E-state index contributed by atoms with van der Waals surface area (Å²) in [5, 5.41) is 10.4. The van der Waals surface area contributed by atoms with Gasteiger partial charge in [-0.25, -0.2) is 18.8 Å². The third-order valence-corrected chi connectivity index (χ3v) is 6.25. The number of hydroxylamine groups is 2. The molecule has 1 saturated carbocycles. The Kier molecular flexibility index (Phi) is 5.82. The maximum Gasteiger partial charge on any atom is 0.249 e. The fourth-order valence-electron chi connectivity index (χ4n) is 4.54. The number of hydrogen-bond acceptors (Lipinski definition) is 4. The van der Waals surface area contributed by atoms with E-state index in [0.29, 0.717) is 30.2 Å². The van der Waals surface area contributed by atoms with Crippen LogP contribution >= 0.6 is 0 Å². The Morgan fingerprint density at radius 1 is 1.20 bits per heavy atom. The van der Waals surface area contributed by atoms with E-state index in [1.54, 1.807) is 6.33 Å². The molecule has 0 bridgehead atoms. The van der Waals surface area contributed by atoms with Gasteiger partial charge in [0.25, 0.3) is 0 Å². The van der Waals surface area contributed by atoms with Crippen molar-refractivity contribution in [1.82, 2.24) is 14.6 Å². The van der Waals surface area contributed by atoms with E-state index < -0.39 is 17.7 Å². The van der Waals surface area contributed by atoms with Crippen LogP contribution in [0.1, 0.15) is 55.1 Å². The fraction of sp³-hybridized carbons (Fsp3) is 0.500. The van der Waals surface area contributed by atoms with Gasteiger partial charge in [-0.2, -0.15) is 5.26 Å². The average Bonchev–Trinajstić information content (AvgIpc) is 3.35. The molecule has 6 nitrogen and oxygen atoms in total. The number of carbonyl (C=O) groups excluding carboxylic acids is 1. The van der Waals surface area contributed by atoms with Gasteiger partial charge in [-0.15, -0.1) is 0 Å². The predicted octanol–water partition coefficient (Wildman–Crippen LogP) is 4.05. The highest BCUT2D eigenvalue weighted by Gasteiger charge is 2.37. The summed E-state index contributed by atoms with van der Waals surface area (Å²) < 4.78 is 29.3. The summed E-state index contributed by atoms with van der Waals surface area (Å²) in [6.45, 7) is 3.03. The maximum absolute atomic E-state index is 13.6. The van der Waals surface area contributed by atoms with Crippen LogP contribution in [0, 0.1) is 41.7 Å². The lowest BCUT2D eigenvalue weighted by Crippen LogP contribution is -2.37. The van der Waals surface area contributed by atoms with Crippen LogP contribution in [0.2, 0.25) is 0 Å². The zero-order valence-corrected chi connectivity index (χ0v) is 16.9. The van der Waals surface area contributed by atoms with Gasteiger partial charge in [0.2, 0.25) is 5.91 Å². The van der Waals surface area contributed by atoms with E-state index in [1.807, 2.05) is 11.5 Å². The number of hydrogen-bond donors (Lipinski definition) is 0. The molecular formula is C22H24F2N4O2. The Labute approximate surface area is 174 Å². The topological polar surface area (TPSA) is 71.2 Å². The first kappa shape index (κ1) is 20.5. The second-order valence-electron chi connectivity index (χ2n) is 8.16. The lowest BCUT2D eigenvalue weighted by atomic mass is 9.81. The van der Waals surface area contributed by atoms with Gasteiger partial charge in [0, 0.05) is 24.9 Å². The zero-order chi connectivity index (χ0) is 21.3. The predicted molar refractivity (Wildman–Crippen MR) is 104 cm³/mol. The van der Waals surface area contributed by atoms with Crippen molar-refractivity contribution in [2.75, 3.05) is 6.61 Å². The largest absolute Gasteiger partial charge is 0.333 e. The van der Waals surface area contributed by atoms with E-state index in [2.05, 4.69) is 11.1 Å². The van der Waals surface area contributed by atoms with E-state index in [4.69, 9.17) is 10.1 Å². The Balaban J connectivity index is 1.37. The zero-order valence-electron chi connectivity index (χ0n) is 16.9. The SMILES string of the molecule is Cc1c(C#N)ncn1C[C@H]1CC[C@H](C(=O)N2OCC[C@H]2c2cc(F)cc(F)c2)CC1. The molecule has 2 aliphatic rings. The first-order valence-corrected chi connectivity index (χ1v) is 10.3. The molecule has 1 aliphatic carbocycles. The highest BCUT2D eigenvalue weighted by atomic mass is 19.1. The van der Waals surface area contributed by atoms with Crippen molar-refractivity contribution in [3.63, 3.8) is 0 Å². The van der Waals surface area contributed by atoms with Gasteiger partial charge in [-0.05, 0) is 56.2 Å². The standard InChI is InChI=1S/C22H24F2N4O2/c1-14-20(11-25)26-13-27(14)12-15-2-4-16(5-3-15)22(29)28-21(6-7-30-28)17-8-18(23)10-19(24)9-17/h8-10,13,15-16,21H,2-7,12H2,1H3/t15-,16-,21-/m0/s1. The number of amides is 1. The third kappa shape index (κ3) is 4.08. The molecule has 2 fully saturated rings. The van der Waals surface area contributed by atoms with Crippen molar-refractivity contribution < 1.29 is 18.4 Å². The maximum atomic E-state index is 13.6. The quantitative estimate of drug-likeness (QED) is 0.757. The van der Waals surface area contributed by atoms with Crippen LogP contribution in [-0.2, 0) is 16.2 Å². The molecule has 4 rings (SSSR count). The summed E-state index contributed by atoms with van der Waals surface area (Å²) in [7, 11) is 0. The van der Waals surface area contributed by atoms with Gasteiger partial charge >= 0.3 is 0 Å². The first-order valence-electron chi connectivity index (χ1n) is 10.3. The van der Waals surface area contributed by atoms with Crippen LogP contribution in [-0.4, -0.2) is 27.1 Å². The van der Waals surface area contributed by atoms with E-state index >= 15 is 0 Å². The van der Waals surface area contributed by atoms with Gasteiger partial charge in [0.1, 0.15) is 17.7 Å². The number of imidazole rings is 1. The third-order valence-electron chi connectivity index (χ3n) is 6.25. The number of nitriles is 1. The molecule has 2 aromatic rings. The van der Waals surface area contributed by atoms with Crippen LogP contribution in [0.15, 0.2) is 24.5 Å². The van der Waals surface area contributed by atoms with Gasteiger partial charge in [-0.1, -0.05) is 0 Å². The first-order chi connectivity index (χ1) is 14.5. The minimum absolute atomic E-state index is 0.105. The summed E-state index contributed by atoms with van der Waals surface area (Å²) in [4.78, 5) is 22.8.